The predicted octanol–water partition coefficient (Wildman–Crippen LogP) is -0.314. The van der Waals surface area contributed by atoms with Crippen LogP contribution in [0.2, 0.25) is 0 Å². The van der Waals surface area contributed by atoms with E-state index in [0.29, 0.717) is 12.8 Å². The summed E-state index contributed by atoms with van der Waals surface area (Å²) in [5.74, 6) is -3.59. The van der Waals surface area contributed by atoms with Crippen molar-refractivity contribution in [1.29, 1.82) is 0 Å². The van der Waals surface area contributed by atoms with Crippen molar-refractivity contribution in [3.8, 4) is 0 Å². The molecule has 0 amide bonds. The van der Waals surface area contributed by atoms with Gasteiger partial charge in [0.05, 0.1) is 0 Å². The molecule has 0 aliphatic heterocycles. The molecule has 90 valence electrons. The fourth-order valence-corrected chi connectivity index (χ4v) is 1.08. The van der Waals surface area contributed by atoms with Crippen LogP contribution in [0, 0.1) is 0 Å². The molecular formula is C10H15NO5. The molecule has 0 saturated carbocycles. The molecule has 6 nitrogen and oxygen atoms in total. The van der Waals surface area contributed by atoms with Gasteiger partial charge in [-0.3, -0.25) is 19.2 Å². The first-order chi connectivity index (χ1) is 7.36. The van der Waals surface area contributed by atoms with E-state index in [1.807, 2.05) is 0 Å². The molecule has 0 rings (SSSR count). The van der Waals surface area contributed by atoms with Crippen molar-refractivity contribution < 1.29 is 24.3 Å². The second-order valence-corrected chi connectivity index (χ2v) is 3.50. The van der Waals surface area contributed by atoms with Gasteiger partial charge in [0.25, 0.3) is 5.78 Å². The Labute approximate surface area is 92.8 Å². The van der Waals surface area contributed by atoms with Gasteiger partial charge in [0.2, 0.25) is 11.6 Å². The van der Waals surface area contributed by atoms with Gasteiger partial charge in [-0.2, -0.15) is 0 Å². The highest BCUT2D eigenvalue weighted by Crippen LogP contribution is 2.03. The molecule has 1 unspecified atom stereocenters. The third-order valence-corrected chi connectivity index (χ3v) is 2.06. The Morgan fingerprint density at radius 3 is 2.19 bits per heavy atom. The van der Waals surface area contributed by atoms with Crippen molar-refractivity contribution in [1.82, 2.24) is 0 Å². The smallest absolute Gasteiger partial charge is 0.320 e. The van der Waals surface area contributed by atoms with Crippen LogP contribution in [0.4, 0.5) is 0 Å². The standard InChI is InChI=1S/C10H15NO5/c1-6(12)9(14)8(13)5-3-2-4-7(11)10(15)16/h7H,2-5,11H2,1H3,(H,15,16). The number of carboxylic acid groups (broad SMARTS) is 1. The minimum absolute atomic E-state index is 0.0370. The molecular weight excluding hydrogens is 214 g/mol. The zero-order valence-corrected chi connectivity index (χ0v) is 9.06. The Balaban J connectivity index is 3.75. The van der Waals surface area contributed by atoms with Gasteiger partial charge in [-0.25, -0.2) is 0 Å². The molecule has 1 atom stereocenters. The molecule has 0 radical (unpaired) electrons. The molecule has 3 N–H and O–H groups in total. The summed E-state index contributed by atoms with van der Waals surface area (Å²) in [5.41, 5.74) is 5.24. The van der Waals surface area contributed by atoms with Gasteiger partial charge >= 0.3 is 5.97 Å². The average molecular weight is 229 g/mol. The largest absolute Gasteiger partial charge is 0.480 e. The fourth-order valence-electron chi connectivity index (χ4n) is 1.08. The third kappa shape index (κ3) is 5.35. The van der Waals surface area contributed by atoms with E-state index >= 15 is 0 Å². The van der Waals surface area contributed by atoms with Gasteiger partial charge in [0, 0.05) is 13.3 Å². The maximum atomic E-state index is 11.0. The molecule has 0 aromatic rings. The molecule has 0 aliphatic carbocycles. The van der Waals surface area contributed by atoms with E-state index in [4.69, 9.17) is 10.8 Å². The molecule has 0 spiro atoms. The first-order valence-corrected chi connectivity index (χ1v) is 4.92. The van der Waals surface area contributed by atoms with Crippen molar-refractivity contribution in [2.45, 2.75) is 38.6 Å². The van der Waals surface area contributed by atoms with E-state index in [1.54, 1.807) is 0 Å². The third-order valence-electron chi connectivity index (χ3n) is 2.06. The highest BCUT2D eigenvalue weighted by molar-refractivity contribution is 6.63. The number of carbonyl (C=O) groups is 4. The number of carbonyl (C=O) groups excluding carboxylic acids is 3. The molecule has 0 aromatic heterocycles. The Bertz CT molecular complexity index is 310. The van der Waals surface area contributed by atoms with Gasteiger partial charge < -0.3 is 10.8 Å². The Morgan fingerprint density at radius 1 is 1.19 bits per heavy atom. The highest BCUT2D eigenvalue weighted by Gasteiger charge is 2.18. The number of ketones is 3. The number of Topliss-reactive ketones (excluding diaryl/α,β-unsaturated/α-hetero) is 3. The lowest BCUT2D eigenvalue weighted by atomic mass is 10.0. The maximum absolute atomic E-state index is 11.0. The Kier molecular flexibility index (Phi) is 6.17. The van der Waals surface area contributed by atoms with E-state index in [2.05, 4.69) is 0 Å². The lowest BCUT2D eigenvalue weighted by Crippen LogP contribution is -2.29. The number of unbranched alkanes of at least 4 members (excludes halogenated alkanes) is 1. The Hall–Kier alpha value is -1.56. The van der Waals surface area contributed by atoms with Crippen LogP contribution in [0.3, 0.4) is 0 Å². The summed E-state index contributed by atoms with van der Waals surface area (Å²) in [6.07, 6.45) is 1.00. The van der Waals surface area contributed by atoms with E-state index in [9.17, 15) is 19.2 Å². The SMILES string of the molecule is CC(=O)C(=O)C(=O)CCCCC(N)C(=O)O. The maximum Gasteiger partial charge on any atom is 0.320 e. The Morgan fingerprint density at radius 2 is 1.75 bits per heavy atom. The quantitative estimate of drug-likeness (QED) is 0.335. The number of carboxylic acids is 1. The highest BCUT2D eigenvalue weighted by atomic mass is 16.4. The summed E-state index contributed by atoms with van der Waals surface area (Å²) in [4.78, 5) is 42.8. The van der Waals surface area contributed by atoms with E-state index in [1.165, 1.54) is 0 Å². The summed E-state index contributed by atoms with van der Waals surface area (Å²) in [6.45, 7) is 1.04. The van der Waals surface area contributed by atoms with Gasteiger partial charge in [-0.15, -0.1) is 0 Å². The monoisotopic (exact) mass is 229 g/mol. The summed E-state index contributed by atoms with van der Waals surface area (Å²) in [5, 5.41) is 8.46. The summed E-state index contributed by atoms with van der Waals surface area (Å²) in [7, 11) is 0. The van der Waals surface area contributed by atoms with Crippen LogP contribution in [0.5, 0.6) is 0 Å². The molecule has 0 aromatic carbocycles. The predicted molar refractivity (Wildman–Crippen MR) is 54.8 cm³/mol. The summed E-state index contributed by atoms with van der Waals surface area (Å²) in [6, 6.07) is -0.946. The van der Waals surface area contributed by atoms with Crippen molar-refractivity contribution in [2.24, 2.45) is 5.73 Å². The second kappa shape index (κ2) is 6.84. The minimum Gasteiger partial charge on any atom is -0.480 e. The van der Waals surface area contributed by atoms with E-state index < -0.39 is 29.4 Å². The van der Waals surface area contributed by atoms with Crippen LogP contribution in [0.15, 0.2) is 0 Å². The van der Waals surface area contributed by atoms with Crippen LogP contribution in [0.1, 0.15) is 32.6 Å². The van der Waals surface area contributed by atoms with Crippen molar-refractivity contribution in [3.05, 3.63) is 0 Å². The van der Waals surface area contributed by atoms with Gasteiger partial charge in [-0.1, -0.05) is 6.42 Å². The lowest BCUT2D eigenvalue weighted by Gasteiger charge is -2.04. The number of hydrogen-bond donors (Lipinski definition) is 2. The van der Waals surface area contributed by atoms with Crippen LogP contribution in [0.25, 0.3) is 0 Å². The minimum atomic E-state index is -1.09. The first-order valence-electron chi connectivity index (χ1n) is 4.92. The fraction of sp³-hybridized carbons (Fsp3) is 0.600. The number of nitrogens with two attached hydrogens (primary N) is 1. The number of rotatable bonds is 8. The van der Waals surface area contributed by atoms with Crippen molar-refractivity contribution in [2.75, 3.05) is 0 Å². The lowest BCUT2D eigenvalue weighted by molar-refractivity contribution is -0.143. The molecule has 0 bridgehead atoms. The van der Waals surface area contributed by atoms with Gasteiger partial charge in [0.15, 0.2) is 0 Å². The molecule has 6 heteroatoms. The van der Waals surface area contributed by atoms with Crippen LogP contribution in [-0.2, 0) is 19.2 Å². The zero-order chi connectivity index (χ0) is 12.7. The van der Waals surface area contributed by atoms with E-state index in [-0.39, 0.29) is 12.8 Å². The molecule has 0 aliphatic rings. The summed E-state index contributed by atoms with van der Waals surface area (Å²) >= 11 is 0. The van der Waals surface area contributed by atoms with Gasteiger partial charge in [-0.05, 0) is 12.8 Å². The first kappa shape index (κ1) is 14.4. The zero-order valence-electron chi connectivity index (χ0n) is 9.06. The number of hydrogen-bond acceptors (Lipinski definition) is 5. The molecule has 0 heterocycles. The van der Waals surface area contributed by atoms with Crippen LogP contribution < -0.4 is 5.73 Å². The second-order valence-electron chi connectivity index (χ2n) is 3.50. The average Bonchev–Trinajstić information content (AvgIpc) is 2.22. The van der Waals surface area contributed by atoms with Gasteiger partial charge in [0.1, 0.15) is 6.04 Å². The topological polar surface area (TPSA) is 115 Å². The van der Waals surface area contributed by atoms with Crippen LogP contribution >= 0.6 is 0 Å². The van der Waals surface area contributed by atoms with Crippen LogP contribution in [-0.4, -0.2) is 34.5 Å². The van der Waals surface area contributed by atoms with Crippen molar-refractivity contribution in [3.63, 3.8) is 0 Å². The molecule has 0 fully saturated rings. The normalized spacial score (nSPS) is 11.9. The number of aliphatic carboxylic acids is 1. The molecule has 0 saturated heterocycles. The molecule has 16 heavy (non-hydrogen) atoms. The summed E-state index contributed by atoms with van der Waals surface area (Å²) < 4.78 is 0. The van der Waals surface area contributed by atoms with E-state index in [0.717, 1.165) is 6.92 Å². The van der Waals surface area contributed by atoms with Crippen molar-refractivity contribution >= 4 is 23.3 Å².